The predicted octanol–water partition coefficient (Wildman–Crippen LogP) is 1.67. The monoisotopic (exact) mass is 256 g/mol. The van der Waals surface area contributed by atoms with E-state index in [1.807, 2.05) is 0 Å². The fourth-order valence-electron chi connectivity index (χ4n) is 1.94. The van der Waals surface area contributed by atoms with Gasteiger partial charge in [-0.1, -0.05) is 11.6 Å². The van der Waals surface area contributed by atoms with Crippen molar-refractivity contribution in [2.45, 2.75) is 6.54 Å². The molecule has 0 aliphatic carbocycles. The Morgan fingerprint density at radius 1 is 1.53 bits per heavy atom. The summed E-state index contributed by atoms with van der Waals surface area (Å²) in [5.74, 6) is 0.354. The molecule has 6 heteroatoms. The SMILES string of the molecule is O=[N+]([O-])c1ccc(CN2CC(CO)C2)c(Cl)c1. The molecule has 0 spiro atoms. The smallest absolute Gasteiger partial charge is 0.270 e. The molecule has 1 fully saturated rings. The van der Waals surface area contributed by atoms with E-state index >= 15 is 0 Å². The number of benzene rings is 1. The van der Waals surface area contributed by atoms with Crippen molar-refractivity contribution in [1.29, 1.82) is 0 Å². The van der Waals surface area contributed by atoms with E-state index in [0.29, 0.717) is 17.5 Å². The minimum Gasteiger partial charge on any atom is -0.396 e. The number of aliphatic hydroxyl groups excluding tert-OH is 1. The van der Waals surface area contributed by atoms with E-state index in [0.717, 1.165) is 18.7 Å². The van der Waals surface area contributed by atoms with Crippen molar-refractivity contribution >= 4 is 17.3 Å². The number of nitro groups is 1. The van der Waals surface area contributed by atoms with Gasteiger partial charge in [0.1, 0.15) is 0 Å². The first-order chi connectivity index (χ1) is 8.10. The highest BCUT2D eigenvalue weighted by atomic mass is 35.5. The van der Waals surface area contributed by atoms with E-state index in [1.165, 1.54) is 12.1 Å². The molecule has 1 saturated heterocycles. The first-order valence-corrected chi connectivity index (χ1v) is 5.74. The lowest BCUT2D eigenvalue weighted by molar-refractivity contribution is -0.384. The average Bonchev–Trinajstić information content (AvgIpc) is 2.24. The van der Waals surface area contributed by atoms with Gasteiger partial charge in [0.25, 0.3) is 5.69 Å². The van der Waals surface area contributed by atoms with Crippen LogP contribution in [0, 0.1) is 16.0 Å². The molecule has 1 aromatic rings. The number of halogens is 1. The molecule has 0 amide bonds. The molecular formula is C11H13ClN2O3. The normalized spacial score (nSPS) is 16.8. The zero-order chi connectivity index (χ0) is 12.4. The van der Waals surface area contributed by atoms with Crippen LogP contribution in [0.15, 0.2) is 18.2 Å². The molecule has 0 unspecified atom stereocenters. The van der Waals surface area contributed by atoms with Gasteiger partial charge in [-0.3, -0.25) is 15.0 Å². The summed E-state index contributed by atoms with van der Waals surface area (Å²) in [4.78, 5) is 12.2. The molecule has 1 aliphatic heterocycles. The van der Waals surface area contributed by atoms with Crippen molar-refractivity contribution in [2.24, 2.45) is 5.92 Å². The van der Waals surface area contributed by atoms with E-state index in [9.17, 15) is 10.1 Å². The number of hydrogen-bond donors (Lipinski definition) is 1. The molecule has 92 valence electrons. The van der Waals surface area contributed by atoms with E-state index in [-0.39, 0.29) is 12.3 Å². The average molecular weight is 257 g/mol. The van der Waals surface area contributed by atoms with Gasteiger partial charge in [0.05, 0.1) is 9.95 Å². The molecule has 0 radical (unpaired) electrons. The van der Waals surface area contributed by atoms with Gasteiger partial charge in [0.2, 0.25) is 0 Å². The summed E-state index contributed by atoms with van der Waals surface area (Å²) >= 11 is 5.99. The molecule has 1 N–H and O–H groups in total. The maximum Gasteiger partial charge on any atom is 0.270 e. The lowest BCUT2D eigenvalue weighted by Crippen LogP contribution is -2.47. The summed E-state index contributed by atoms with van der Waals surface area (Å²) in [6, 6.07) is 4.53. The molecule has 17 heavy (non-hydrogen) atoms. The van der Waals surface area contributed by atoms with Crippen molar-refractivity contribution in [3.63, 3.8) is 0 Å². The summed E-state index contributed by atoms with van der Waals surface area (Å²) in [5, 5.41) is 19.9. The second-order valence-corrected chi connectivity index (χ2v) is 4.68. The Hall–Kier alpha value is -1.17. The van der Waals surface area contributed by atoms with Crippen molar-refractivity contribution < 1.29 is 10.0 Å². The van der Waals surface area contributed by atoms with Crippen LogP contribution >= 0.6 is 11.6 Å². The molecular weight excluding hydrogens is 244 g/mol. The molecule has 1 aromatic carbocycles. The Bertz CT molecular complexity index is 433. The van der Waals surface area contributed by atoms with Crippen LogP contribution in [0.1, 0.15) is 5.56 Å². The van der Waals surface area contributed by atoms with Crippen molar-refractivity contribution in [3.8, 4) is 0 Å². The van der Waals surface area contributed by atoms with E-state index < -0.39 is 4.92 Å². The highest BCUT2D eigenvalue weighted by Gasteiger charge is 2.26. The fourth-order valence-corrected chi connectivity index (χ4v) is 2.17. The van der Waals surface area contributed by atoms with Gasteiger partial charge in [-0.15, -0.1) is 0 Å². The van der Waals surface area contributed by atoms with Crippen LogP contribution in [0.5, 0.6) is 0 Å². The van der Waals surface area contributed by atoms with Crippen LogP contribution in [0.25, 0.3) is 0 Å². The summed E-state index contributed by atoms with van der Waals surface area (Å²) in [5.41, 5.74) is 0.893. The minimum absolute atomic E-state index is 0.00981. The zero-order valence-corrected chi connectivity index (χ0v) is 9.93. The second-order valence-electron chi connectivity index (χ2n) is 4.28. The number of likely N-dealkylation sites (tertiary alicyclic amines) is 1. The van der Waals surface area contributed by atoms with E-state index in [2.05, 4.69) is 4.90 Å². The van der Waals surface area contributed by atoms with Crippen LogP contribution in [-0.4, -0.2) is 34.6 Å². The molecule has 1 aliphatic rings. The number of non-ortho nitro benzene ring substituents is 1. The molecule has 0 saturated carbocycles. The highest BCUT2D eigenvalue weighted by molar-refractivity contribution is 6.31. The Morgan fingerprint density at radius 3 is 2.76 bits per heavy atom. The van der Waals surface area contributed by atoms with Crippen molar-refractivity contribution in [1.82, 2.24) is 4.90 Å². The maximum atomic E-state index is 10.5. The Balaban J connectivity index is 2.00. The zero-order valence-electron chi connectivity index (χ0n) is 9.17. The van der Waals surface area contributed by atoms with Crippen LogP contribution in [0.2, 0.25) is 5.02 Å². The standard InChI is InChI=1S/C11H13ClN2O3/c12-11-3-10(14(16)17)2-1-9(11)6-13-4-8(5-13)7-15/h1-3,8,15H,4-7H2. The topological polar surface area (TPSA) is 66.6 Å². The van der Waals surface area contributed by atoms with Gasteiger partial charge in [-0.05, 0) is 11.6 Å². The largest absolute Gasteiger partial charge is 0.396 e. The summed E-state index contributed by atoms with van der Waals surface area (Å²) in [7, 11) is 0. The summed E-state index contributed by atoms with van der Waals surface area (Å²) in [6.45, 7) is 2.59. The highest BCUT2D eigenvalue weighted by Crippen LogP contribution is 2.26. The fraction of sp³-hybridized carbons (Fsp3) is 0.455. The number of hydrogen-bond acceptors (Lipinski definition) is 4. The number of rotatable bonds is 4. The third kappa shape index (κ3) is 2.74. The Morgan fingerprint density at radius 2 is 2.24 bits per heavy atom. The van der Waals surface area contributed by atoms with Crippen molar-refractivity contribution in [2.75, 3.05) is 19.7 Å². The first-order valence-electron chi connectivity index (χ1n) is 5.36. The van der Waals surface area contributed by atoms with Gasteiger partial charge in [-0.2, -0.15) is 0 Å². The summed E-state index contributed by atoms with van der Waals surface area (Å²) in [6.07, 6.45) is 0. The predicted molar refractivity (Wildman–Crippen MR) is 64.0 cm³/mol. The van der Waals surface area contributed by atoms with Crippen LogP contribution in [0.4, 0.5) is 5.69 Å². The third-order valence-corrected chi connectivity index (χ3v) is 3.28. The lowest BCUT2D eigenvalue weighted by atomic mass is 10.0. The molecule has 0 aromatic heterocycles. The molecule has 5 nitrogen and oxygen atoms in total. The van der Waals surface area contributed by atoms with Crippen molar-refractivity contribution in [3.05, 3.63) is 38.9 Å². The van der Waals surface area contributed by atoms with Gasteiger partial charge in [-0.25, -0.2) is 0 Å². The first kappa shape index (κ1) is 12.3. The molecule has 2 rings (SSSR count). The van der Waals surface area contributed by atoms with Crippen LogP contribution < -0.4 is 0 Å². The lowest BCUT2D eigenvalue weighted by Gasteiger charge is -2.38. The second kappa shape index (κ2) is 5.00. The van der Waals surface area contributed by atoms with Crippen LogP contribution in [-0.2, 0) is 6.54 Å². The van der Waals surface area contributed by atoms with Gasteiger partial charge in [0.15, 0.2) is 0 Å². The minimum atomic E-state index is -0.457. The van der Waals surface area contributed by atoms with Crippen LogP contribution in [0.3, 0.4) is 0 Å². The Kier molecular flexibility index (Phi) is 3.61. The van der Waals surface area contributed by atoms with E-state index in [4.69, 9.17) is 16.7 Å². The number of nitro benzene ring substituents is 1. The van der Waals surface area contributed by atoms with E-state index in [1.54, 1.807) is 6.07 Å². The van der Waals surface area contributed by atoms with Gasteiger partial charge < -0.3 is 5.11 Å². The molecule has 0 bridgehead atoms. The quantitative estimate of drug-likeness (QED) is 0.657. The Labute approximate surface area is 104 Å². The maximum absolute atomic E-state index is 10.5. The molecule has 1 heterocycles. The summed E-state index contributed by atoms with van der Waals surface area (Å²) < 4.78 is 0. The molecule has 0 atom stereocenters. The number of aliphatic hydroxyl groups is 1. The van der Waals surface area contributed by atoms with Gasteiger partial charge in [0, 0.05) is 44.3 Å². The third-order valence-electron chi connectivity index (χ3n) is 2.93. The number of nitrogens with zero attached hydrogens (tertiary/aromatic N) is 2. The van der Waals surface area contributed by atoms with Gasteiger partial charge >= 0.3 is 0 Å².